The third-order valence-electron chi connectivity index (χ3n) is 5.63. The molecule has 1 heterocycles. The van der Waals surface area contributed by atoms with Gasteiger partial charge < -0.3 is 14.4 Å². The Balaban J connectivity index is 1.51. The Morgan fingerprint density at radius 1 is 0.800 bits per heavy atom. The van der Waals surface area contributed by atoms with E-state index >= 15 is 0 Å². The Bertz CT molecular complexity index is 1520. The van der Waals surface area contributed by atoms with Gasteiger partial charge in [0.25, 0.3) is 5.70 Å². The first-order valence-corrected chi connectivity index (χ1v) is 11.0. The lowest BCUT2D eigenvalue weighted by molar-refractivity contribution is -0.132. The molecule has 1 aromatic heterocycles. The maximum Gasteiger partial charge on any atom is 0.333 e. The maximum atomic E-state index is 11.1. The van der Waals surface area contributed by atoms with Gasteiger partial charge in [0.1, 0.15) is 11.3 Å². The average molecular weight is 457 g/mol. The number of furan rings is 1. The largest absolute Gasteiger partial charge is 0.486 e. The second-order valence-electron chi connectivity index (χ2n) is 7.91. The van der Waals surface area contributed by atoms with E-state index in [4.69, 9.17) is 16.1 Å². The standard InChI is InChI=1S/C30H20N2O3/c1-31-27(30(33)34)18-21-12-14-22(15-13-21)28-19-23-16-17-26(20-29(23)35-28)32(24-8-4-2-5-9-24)25-10-6-3-7-11-25/h2-20H,(H,33,34)/b27-18-. The molecular weight excluding hydrogens is 436 g/mol. The number of nitrogens with zero attached hydrogens (tertiary/aromatic N) is 2. The van der Waals surface area contributed by atoms with E-state index in [1.807, 2.05) is 66.7 Å². The van der Waals surface area contributed by atoms with Crippen molar-refractivity contribution in [1.29, 1.82) is 0 Å². The van der Waals surface area contributed by atoms with Gasteiger partial charge in [-0.25, -0.2) is 4.85 Å². The summed E-state index contributed by atoms with van der Waals surface area (Å²) in [6.45, 7) is 6.99. The van der Waals surface area contributed by atoms with Gasteiger partial charge in [-0.2, -0.15) is 0 Å². The molecule has 0 unspecified atom stereocenters. The fraction of sp³-hybridized carbons (Fsp3) is 0. The summed E-state index contributed by atoms with van der Waals surface area (Å²) in [5.41, 5.74) is 5.03. The predicted molar refractivity (Wildman–Crippen MR) is 139 cm³/mol. The van der Waals surface area contributed by atoms with Crippen LogP contribution < -0.4 is 4.90 Å². The zero-order chi connectivity index (χ0) is 24.2. The molecule has 5 heteroatoms. The molecular formula is C30H20N2O3. The summed E-state index contributed by atoms with van der Waals surface area (Å²) >= 11 is 0. The summed E-state index contributed by atoms with van der Waals surface area (Å²) in [7, 11) is 0. The van der Waals surface area contributed by atoms with Crippen LogP contribution in [0.25, 0.3) is 33.2 Å². The van der Waals surface area contributed by atoms with E-state index in [1.165, 1.54) is 6.08 Å². The van der Waals surface area contributed by atoms with E-state index in [-0.39, 0.29) is 5.70 Å². The van der Waals surface area contributed by atoms with Gasteiger partial charge >= 0.3 is 5.97 Å². The van der Waals surface area contributed by atoms with Crippen LogP contribution in [0.15, 0.2) is 119 Å². The Morgan fingerprint density at radius 3 is 2.00 bits per heavy atom. The van der Waals surface area contributed by atoms with Crippen molar-refractivity contribution in [2.24, 2.45) is 0 Å². The van der Waals surface area contributed by atoms with Gasteiger partial charge in [-0.05, 0) is 54.1 Å². The summed E-state index contributed by atoms with van der Waals surface area (Å²) in [4.78, 5) is 16.3. The summed E-state index contributed by atoms with van der Waals surface area (Å²) in [6.07, 6.45) is 1.35. The van der Waals surface area contributed by atoms with Gasteiger partial charge in [-0.3, -0.25) is 4.79 Å². The van der Waals surface area contributed by atoms with Crippen LogP contribution in [-0.4, -0.2) is 11.1 Å². The highest BCUT2D eigenvalue weighted by Crippen LogP contribution is 2.37. The zero-order valence-corrected chi connectivity index (χ0v) is 18.6. The fourth-order valence-electron chi connectivity index (χ4n) is 3.95. The topological polar surface area (TPSA) is 58.0 Å². The Hall–Kier alpha value is -5.08. The van der Waals surface area contributed by atoms with E-state index in [1.54, 1.807) is 12.1 Å². The quantitative estimate of drug-likeness (QED) is 0.208. The molecule has 0 amide bonds. The van der Waals surface area contributed by atoms with Crippen molar-refractivity contribution in [2.45, 2.75) is 0 Å². The number of carboxylic acid groups (broad SMARTS) is 1. The molecule has 5 nitrogen and oxygen atoms in total. The van der Waals surface area contributed by atoms with Crippen molar-refractivity contribution < 1.29 is 14.3 Å². The van der Waals surface area contributed by atoms with Crippen molar-refractivity contribution in [3.63, 3.8) is 0 Å². The van der Waals surface area contributed by atoms with Crippen LogP contribution in [-0.2, 0) is 4.79 Å². The minimum atomic E-state index is -1.24. The van der Waals surface area contributed by atoms with Gasteiger partial charge in [-0.1, -0.05) is 60.7 Å². The number of carbonyl (C=O) groups is 1. The summed E-state index contributed by atoms with van der Waals surface area (Å²) in [6, 6.07) is 35.8. The van der Waals surface area contributed by atoms with Crippen molar-refractivity contribution in [3.05, 3.63) is 132 Å². The van der Waals surface area contributed by atoms with E-state index in [9.17, 15) is 4.79 Å². The molecule has 5 rings (SSSR count). The molecule has 0 saturated carbocycles. The van der Waals surface area contributed by atoms with Crippen LogP contribution in [0.5, 0.6) is 0 Å². The van der Waals surface area contributed by atoms with E-state index < -0.39 is 5.97 Å². The highest BCUT2D eigenvalue weighted by molar-refractivity contribution is 5.94. The SMILES string of the molecule is [C-]#[N+]/C(=C\c1ccc(-c2cc3ccc(N(c4ccccc4)c4ccccc4)cc3o2)cc1)C(=O)O. The molecule has 168 valence electrons. The Morgan fingerprint density at radius 2 is 1.43 bits per heavy atom. The first kappa shape index (κ1) is 21.7. The minimum absolute atomic E-state index is 0.324. The summed E-state index contributed by atoms with van der Waals surface area (Å²) in [5.74, 6) is -0.528. The van der Waals surface area contributed by atoms with Crippen molar-refractivity contribution in [3.8, 4) is 11.3 Å². The maximum absolute atomic E-state index is 11.1. The number of hydrogen-bond acceptors (Lipinski definition) is 3. The Kier molecular flexibility index (Phi) is 5.85. The van der Waals surface area contributed by atoms with Crippen molar-refractivity contribution >= 4 is 40.1 Å². The molecule has 0 aliphatic heterocycles. The number of benzene rings is 4. The molecule has 35 heavy (non-hydrogen) atoms. The van der Waals surface area contributed by atoms with E-state index in [0.29, 0.717) is 11.3 Å². The smallest absolute Gasteiger partial charge is 0.333 e. The molecule has 0 saturated heterocycles. The average Bonchev–Trinajstić information content (AvgIpc) is 3.32. The molecule has 0 atom stereocenters. The van der Waals surface area contributed by atoms with Crippen molar-refractivity contribution in [2.75, 3.05) is 4.90 Å². The Labute approximate surface area is 202 Å². The molecule has 0 radical (unpaired) electrons. The highest BCUT2D eigenvalue weighted by atomic mass is 16.4. The lowest BCUT2D eigenvalue weighted by atomic mass is 10.1. The fourth-order valence-corrected chi connectivity index (χ4v) is 3.95. The van der Waals surface area contributed by atoms with Gasteiger partial charge in [-0.15, -0.1) is 0 Å². The second kappa shape index (κ2) is 9.42. The number of anilines is 3. The van der Waals surface area contributed by atoms with Crippen LogP contribution in [0.4, 0.5) is 17.1 Å². The summed E-state index contributed by atoms with van der Waals surface area (Å²) in [5, 5.41) is 10.0. The van der Waals surface area contributed by atoms with Crippen LogP contribution in [0.1, 0.15) is 5.56 Å². The number of carboxylic acids is 1. The molecule has 0 aliphatic rings. The normalized spacial score (nSPS) is 11.2. The number of aliphatic carboxylic acids is 1. The third-order valence-corrected chi connectivity index (χ3v) is 5.63. The van der Waals surface area contributed by atoms with Crippen LogP contribution in [0, 0.1) is 6.57 Å². The number of rotatable bonds is 6. The third kappa shape index (κ3) is 4.54. The van der Waals surface area contributed by atoms with Crippen LogP contribution in [0.2, 0.25) is 0 Å². The lowest BCUT2D eigenvalue weighted by Gasteiger charge is -2.25. The van der Waals surface area contributed by atoms with E-state index in [0.717, 1.165) is 33.6 Å². The second-order valence-corrected chi connectivity index (χ2v) is 7.91. The van der Waals surface area contributed by atoms with Gasteiger partial charge in [0, 0.05) is 34.1 Å². The van der Waals surface area contributed by atoms with Crippen molar-refractivity contribution in [1.82, 2.24) is 0 Å². The molecule has 0 spiro atoms. The number of hydrogen-bond donors (Lipinski definition) is 1. The molecule has 0 fully saturated rings. The highest BCUT2D eigenvalue weighted by Gasteiger charge is 2.14. The first-order valence-electron chi connectivity index (χ1n) is 11.0. The van der Waals surface area contributed by atoms with Crippen LogP contribution in [0.3, 0.4) is 0 Å². The van der Waals surface area contributed by atoms with Crippen LogP contribution >= 0.6 is 0 Å². The number of fused-ring (bicyclic) bond motifs is 1. The molecule has 4 aromatic carbocycles. The van der Waals surface area contributed by atoms with Gasteiger partial charge in [0.15, 0.2) is 0 Å². The molecule has 5 aromatic rings. The predicted octanol–water partition coefficient (Wildman–Crippen LogP) is 7.91. The number of para-hydroxylation sites is 2. The molecule has 0 aliphatic carbocycles. The lowest BCUT2D eigenvalue weighted by Crippen LogP contribution is -2.09. The molecule has 1 N–H and O–H groups in total. The van der Waals surface area contributed by atoms with E-state index in [2.05, 4.69) is 40.1 Å². The van der Waals surface area contributed by atoms with Gasteiger partial charge in [0.05, 0.1) is 6.57 Å². The zero-order valence-electron chi connectivity index (χ0n) is 18.6. The summed E-state index contributed by atoms with van der Waals surface area (Å²) < 4.78 is 6.21. The molecule has 0 bridgehead atoms. The first-order chi connectivity index (χ1) is 17.1. The monoisotopic (exact) mass is 456 g/mol. The minimum Gasteiger partial charge on any atom is -0.486 e. The van der Waals surface area contributed by atoms with Gasteiger partial charge in [0.2, 0.25) is 0 Å².